The molecular weight excluding hydrogens is 346 g/mol. The van der Waals surface area contributed by atoms with Crippen molar-refractivity contribution in [2.75, 3.05) is 7.11 Å². The van der Waals surface area contributed by atoms with E-state index in [1.54, 1.807) is 24.3 Å². The van der Waals surface area contributed by atoms with E-state index in [1.165, 1.54) is 18.9 Å². The molecule has 7 heteroatoms. The van der Waals surface area contributed by atoms with Crippen molar-refractivity contribution in [2.24, 2.45) is 0 Å². The lowest BCUT2D eigenvalue weighted by atomic mass is 10.0. The molecule has 24 heavy (non-hydrogen) atoms. The minimum absolute atomic E-state index is 0.221. The first-order valence-corrected chi connectivity index (χ1v) is 8.24. The highest BCUT2D eigenvalue weighted by molar-refractivity contribution is 8.26. The predicted molar refractivity (Wildman–Crippen MR) is 96.5 cm³/mol. The Morgan fingerprint density at radius 1 is 1.33 bits per heavy atom. The van der Waals surface area contributed by atoms with E-state index in [9.17, 15) is 9.59 Å². The molecule has 1 amide bonds. The first kappa shape index (κ1) is 16.5. The van der Waals surface area contributed by atoms with Gasteiger partial charge in [-0.3, -0.25) is 4.79 Å². The maximum absolute atomic E-state index is 11.7. The van der Waals surface area contributed by atoms with Crippen molar-refractivity contribution in [2.45, 2.75) is 6.92 Å². The van der Waals surface area contributed by atoms with Gasteiger partial charge in [0.05, 0.1) is 17.6 Å². The van der Waals surface area contributed by atoms with Crippen molar-refractivity contribution in [3.05, 3.63) is 52.1 Å². The Balaban J connectivity index is 1.88. The molecule has 2 aromatic rings. The predicted octanol–water partition coefficient (Wildman–Crippen LogP) is 3.53. The molecule has 5 nitrogen and oxygen atoms in total. The van der Waals surface area contributed by atoms with Crippen LogP contribution in [0.15, 0.2) is 39.7 Å². The Kier molecular flexibility index (Phi) is 4.55. The summed E-state index contributed by atoms with van der Waals surface area (Å²) in [5, 5.41) is 2.56. The van der Waals surface area contributed by atoms with E-state index < -0.39 is 0 Å². The van der Waals surface area contributed by atoms with Gasteiger partial charge in [0.1, 0.15) is 15.8 Å². The fourth-order valence-electron chi connectivity index (χ4n) is 2.31. The van der Waals surface area contributed by atoms with Crippen molar-refractivity contribution in [3.63, 3.8) is 0 Å². The van der Waals surface area contributed by atoms with Crippen molar-refractivity contribution >= 4 is 46.3 Å². The fourth-order valence-corrected chi connectivity index (χ4v) is 3.33. The number of hydrogen-bond acceptors (Lipinski definition) is 6. The number of furan rings is 1. The molecule has 1 aromatic carbocycles. The number of carbonyl (C=O) groups excluding carboxylic acids is 2. The zero-order valence-electron chi connectivity index (χ0n) is 12.9. The third-order valence-corrected chi connectivity index (χ3v) is 4.62. The van der Waals surface area contributed by atoms with Crippen LogP contribution in [-0.2, 0) is 9.53 Å². The standard InChI is InChI=1S/C17H13NO4S2/c1-9-7-10(16(20)21-2)3-5-12(9)13-6-4-11(22-13)8-14-15(19)18-17(23)24-14/h3-8H,1-2H3,(H,18,19,23)/b14-8-. The highest BCUT2D eigenvalue weighted by Crippen LogP contribution is 2.30. The van der Waals surface area contributed by atoms with E-state index in [0.717, 1.165) is 11.1 Å². The van der Waals surface area contributed by atoms with E-state index in [2.05, 4.69) is 5.32 Å². The highest BCUT2D eigenvalue weighted by Gasteiger charge is 2.22. The second-order valence-corrected chi connectivity index (χ2v) is 6.79. The Labute approximate surface area is 148 Å². The molecule has 0 bridgehead atoms. The summed E-state index contributed by atoms with van der Waals surface area (Å²) in [6.45, 7) is 1.89. The Hall–Kier alpha value is -2.38. The number of thioether (sulfide) groups is 1. The number of carbonyl (C=O) groups is 2. The summed E-state index contributed by atoms with van der Waals surface area (Å²) >= 11 is 6.16. The van der Waals surface area contributed by atoms with Crippen molar-refractivity contribution < 1.29 is 18.7 Å². The molecule has 1 fully saturated rings. The maximum atomic E-state index is 11.7. The van der Waals surface area contributed by atoms with Crippen molar-refractivity contribution in [1.82, 2.24) is 5.32 Å². The molecular formula is C17H13NO4S2. The van der Waals surface area contributed by atoms with E-state index in [-0.39, 0.29) is 11.9 Å². The lowest BCUT2D eigenvalue weighted by molar-refractivity contribution is -0.115. The highest BCUT2D eigenvalue weighted by atomic mass is 32.2. The van der Waals surface area contributed by atoms with E-state index in [1.807, 2.05) is 19.1 Å². The number of esters is 1. The topological polar surface area (TPSA) is 68.5 Å². The van der Waals surface area contributed by atoms with Gasteiger partial charge in [0.15, 0.2) is 0 Å². The monoisotopic (exact) mass is 359 g/mol. The average Bonchev–Trinajstić information content (AvgIpc) is 3.13. The quantitative estimate of drug-likeness (QED) is 0.514. The molecule has 0 spiro atoms. The molecule has 2 heterocycles. The average molecular weight is 359 g/mol. The zero-order valence-corrected chi connectivity index (χ0v) is 14.5. The summed E-state index contributed by atoms with van der Waals surface area (Å²) in [5.41, 5.74) is 2.24. The van der Waals surface area contributed by atoms with Gasteiger partial charge in [-0.15, -0.1) is 0 Å². The lowest BCUT2D eigenvalue weighted by Crippen LogP contribution is -2.17. The van der Waals surface area contributed by atoms with Crippen LogP contribution in [-0.4, -0.2) is 23.3 Å². The van der Waals surface area contributed by atoms with Gasteiger partial charge in [0.2, 0.25) is 0 Å². The zero-order chi connectivity index (χ0) is 17.3. The Bertz CT molecular complexity index is 882. The van der Waals surface area contributed by atoms with Crippen LogP contribution in [0.3, 0.4) is 0 Å². The number of aryl methyl sites for hydroxylation is 1. The molecule has 1 aliphatic heterocycles. The second-order valence-electron chi connectivity index (χ2n) is 5.08. The van der Waals surface area contributed by atoms with Gasteiger partial charge >= 0.3 is 5.97 Å². The molecule has 122 valence electrons. The van der Waals surface area contributed by atoms with Crippen molar-refractivity contribution in [3.8, 4) is 11.3 Å². The minimum atomic E-state index is -0.380. The summed E-state index contributed by atoms with van der Waals surface area (Å²) in [7, 11) is 1.35. The minimum Gasteiger partial charge on any atom is -0.465 e. The van der Waals surface area contributed by atoms with Gasteiger partial charge in [-0.1, -0.05) is 30.0 Å². The number of hydrogen-bond donors (Lipinski definition) is 1. The van der Waals surface area contributed by atoms with Crippen LogP contribution >= 0.6 is 24.0 Å². The number of rotatable bonds is 3. The van der Waals surface area contributed by atoms with Gasteiger partial charge in [0.25, 0.3) is 5.91 Å². The molecule has 0 aliphatic carbocycles. The number of methoxy groups -OCH3 is 1. The molecule has 1 saturated heterocycles. The number of amides is 1. The van der Waals surface area contributed by atoms with Crippen LogP contribution in [0.2, 0.25) is 0 Å². The molecule has 1 aromatic heterocycles. The third kappa shape index (κ3) is 3.27. The second kappa shape index (κ2) is 6.62. The third-order valence-electron chi connectivity index (χ3n) is 3.46. The van der Waals surface area contributed by atoms with Gasteiger partial charge in [-0.2, -0.15) is 0 Å². The first-order valence-electron chi connectivity index (χ1n) is 7.02. The van der Waals surface area contributed by atoms with Crippen LogP contribution in [0.5, 0.6) is 0 Å². The number of thiocarbonyl (C=S) groups is 1. The molecule has 3 rings (SSSR count). The van der Waals surface area contributed by atoms with Crippen LogP contribution < -0.4 is 5.32 Å². The normalized spacial score (nSPS) is 15.7. The number of benzene rings is 1. The number of nitrogens with one attached hydrogen (secondary N) is 1. The summed E-state index contributed by atoms with van der Waals surface area (Å²) in [5.74, 6) is 0.613. The smallest absolute Gasteiger partial charge is 0.337 e. The summed E-state index contributed by atoms with van der Waals surface area (Å²) < 4.78 is 10.9. The molecule has 0 saturated carbocycles. The molecule has 1 N–H and O–H groups in total. The van der Waals surface area contributed by atoms with Crippen molar-refractivity contribution in [1.29, 1.82) is 0 Å². The molecule has 0 radical (unpaired) electrons. The summed E-state index contributed by atoms with van der Waals surface area (Å²) in [4.78, 5) is 23.7. The largest absolute Gasteiger partial charge is 0.465 e. The van der Waals surface area contributed by atoms with Crippen LogP contribution in [0.4, 0.5) is 0 Å². The van der Waals surface area contributed by atoms with E-state index >= 15 is 0 Å². The lowest BCUT2D eigenvalue weighted by Gasteiger charge is -2.05. The van der Waals surface area contributed by atoms with Gasteiger partial charge in [-0.05, 0) is 36.8 Å². The first-order chi connectivity index (χ1) is 11.5. The van der Waals surface area contributed by atoms with E-state index in [4.69, 9.17) is 21.4 Å². The number of ether oxygens (including phenoxy) is 1. The van der Waals surface area contributed by atoms with Gasteiger partial charge < -0.3 is 14.5 Å². The molecule has 1 aliphatic rings. The van der Waals surface area contributed by atoms with Crippen LogP contribution in [0, 0.1) is 6.92 Å². The van der Waals surface area contributed by atoms with Crippen LogP contribution in [0.1, 0.15) is 21.7 Å². The molecule has 0 unspecified atom stereocenters. The SMILES string of the molecule is COC(=O)c1ccc(-c2ccc(/C=C3\SC(=S)NC3=O)o2)c(C)c1. The van der Waals surface area contributed by atoms with Crippen LogP contribution in [0.25, 0.3) is 17.4 Å². The Morgan fingerprint density at radius 3 is 2.75 bits per heavy atom. The van der Waals surface area contributed by atoms with Gasteiger partial charge in [0, 0.05) is 11.6 Å². The maximum Gasteiger partial charge on any atom is 0.337 e. The fraction of sp³-hybridized carbons (Fsp3) is 0.118. The molecule has 0 atom stereocenters. The van der Waals surface area contributed by atoms with E-state index in [0.29, 0.717) is 26.3 Å². The summed E-state index contributed by atoms with van der Waals surface area (Å²) in [6.07, 6.45) is 1.65. The van der Waals surface area contributed by atoms with Gasteiger partial charge in [-0.25, -0.2) is 4.79 Å². The summed E-state index contributed by atoms with van der Waals surface area (Å²) in [6, 6.07) is 8.85. The Morgan fingerprint density at radius 2 is 2.12 bits per heavy atom.